The molecule has 0 fully saturated rings. The van der Waals surface area contributed by atoms with Crippen molar-refractivity contribution < 1.29 is 9.47 Å². The Balaban J connectivity index is 2.20. The predicted octanol–water partition coefficient (Wildman–Crippen LogP) is 3.77. The van der Waals surface area contributed by atoms with Crippen molar-refractivity contribution in [2.75, 3.05) is 7.11 Å². The summed E-state index contributed by atoms with van der Waals surface area (Å²) in [4.78, 5) is 0. The van der Waals surface area contributed by atoms with E-state index in [1.165, 1.54) is 0 Å². The van der Waals surface area contributed by atoms with E-state index in [2.05, 4.69) is 13.0 Å². The average Bonchev–Trinajstić information content (AvgIpc) is 2.54. The van der Waals surface area contributed by atoms with Crippen LogP contribution in [-0.4, -0.2) is 7.11 Å². The van der Waals surface area contributed by atoms with Crippen LogP contribution in [0.4, 0.5) is 0 Å². The summed E-state index contributed by atoms with van der Waals surface area (Å²) in [6, 6.07) is 14.9. The zero-order chi connectivity index (χ0) is 15.2. The SMILES string of the molecule is CC[C@@H](N)c1ccc(Oc2cc(C#N)cc(OC)c2)cc1. The van der Waals surface area contributed by atoms with Gasteiger partial charge in [0.05, 0.1) is 18.7 Å². The molecule has 4 nitrogen and oxygen atoms in total. The van der Waals surface area contributed by atoms with Crippen LogP contribution in [0.5, 0.6) is 17.2 Å². The number of ether oxygens (including phenoxy) is 2. The third-order valence-electron chi connectivity index (χ3n) is 3.23. The number of rotatable bonds is 5. The number of methoxy groups -OCH3 is 1. The van der Waals surface area contributed by atoms with Crippen LogP contribution in [0.3, 0.4) is 0 Å². The fraction of sp³-hybridized carbons (Fsp3) is 0.235. The Bertz CT molecular complexity index is 645. The minimum absolute atomic E-state index is 0.0426. The first-order valence-corrected chi connectivity index (χ1v) is 6.79. The van der Waals surface area contributed by atoms with Crippen LogP contribution in [0.1, 0.15) is 30.5 Å². The summed E-state index contributed by atoms with van der Waals surface area (Å²) in [6.07, 6.45) is 0.890. The van der Waals surface area contributed by atoms with Crippen molar-refractivity contribution in [1.82, 2.24) is 0 Å². The minimum atomic E-state index is 0.0426. The molecule has 0 heterocycles. The molecule has 2 rings (SSSR count). The van der Waals surface area contributed by atoms with Crippen molar-refractivity contribution in [1.29, 1.82) is 5.26 Å². The molecule has 2 aromatic carbocycles. The zero-order valence-corrected chi connectivity index (χ0v) is 12.2. The molecule has 0 aliphatic carbocycles. The van der Waals surface area contributed by atoms with Gasteiger partial charge in [0.15, 0.2) is 0 Å². The summed E-state index contributed by atoms with van der Waals surface area (Å²) in [6.45, 7) is 2.05. The number of benzene rings is 2. The Morgan fingerprint density at radius 2 is 1.76 bits per heavy atom. The van der Waals surface area contributed by atoms with Gasteiger partial charge in [-0.05, 0) is 36.2 Å². The summed E-state index contributed by atoms with van der Waals surface area (Å²) in [5.41, 5.74) is 7.55. The van der Waals surface area contributed by atoms with Crippen molar-refractivity contribution in [2.45, 2.75) is 19.4 Å². The fourth-order valence-electron chi connectivity index (χ4n) is 1.97. The highest BCUT2D eigenvalue weighted by molar-refractivity contribution is 5.45. The second-order valence-corrected chi connectivity index (χ2v) is 4.69. The lowest BCUT2D eigenvalue weighted by molar-refractivity contribution is 0.409. The van der Waals surface area contributed by atoms with Crippen LogP contribution in [0, 0.1) is 11.3 Å². The molecular formula is C17H18N2O2. The smallest absolute Gasteiger partial charge is 0.132 e. The Kier molecular flexibility index (Phi) is 4.81. The van der Waals surface area contributed by atoms with Crippen LogP contribution in [-0.2, 0) is 0 Å². The van der Waals surface area contributed by atoms with Crippen LogP contribution in [0.25, 0.3) is 0 Å². The van der Waals surface area contributed by atoms with Gasteiger partial charge in [0.25, 0.3) is 0 Å². The van der Waals surface area contributed by atoms with Crippen molar-refractivity contribution in [2.24, 2.45) is 5.73 Å². The fourth-order valence-corrected chi connectivity index (χ4v) is 1.97. The first kappa shape index (κ1) is 14.9. The molecule has 0 aliphatic rings. The number of nitriles is 1. The van der Waals surface area contributed by atoms with Gasteiger partial charge in [0.2, 0.25) is 0 Å². The maximum absolute atomic E-state index is 9.00. The molecule has 1 atom stereocenters. The maximum atomic E-state index is 9.00. The Labute approximate surface area is 124 Å². The van der Waals surface area contributed by atoms with Gasteiger partial charge in [0.1, 0.15) is 17.2 Å². The third kappa shape index (κ3) is 3.74. The summed E-state index contributed by atoms with van der Waals surface area (Å²) in [5, 5.41) is 9.00. The highest BCUT2D eigenvalue weighted by Crippen LogP contribution is 2.28. The Morgan fingerprint density at radius 3 is 2.33 bits per heavy atom. The molecule has 0 unspecified atom stereocenters. The van der Waals surface area contributed by atoms with Gasteiger partial charge in [-0.2, -0.15) is 5.26 Å². The lowest BCUT2D eigenvalue weighted by Crippen LogP contribution is -2.07. The van der Waals surface area contributed by atoms with Crippen LogP contribution in [0.2, 0.25) is 0 Å². The van der Waals surface area contributed by atoms with E-state index >= 15 is 0 Å². The van der Waals surface area contributed by atoms with Crippen molar-refractivity contribution in [3.8, 4) is 23.3 Å². The molecule has 0 spiro atoms. The molecule has 108 valence electrons. The molecule has 0 aromatic heterocycles. The van der Waals surface area contributed by atoms with Gasteiger partial charge >= 0.3 is 0 Å². The van der Waals surface area contributed by atoms with Crippen LogP contribution < -0.4 is 15.2 Å². The van der Waals surface area contributed by atoms with E-state index in [0.717, 1.165) is 12.0 Å². The van der Waals surface area contributed by atoms with E-state index < -0.39 is 0 Å². The van der Waals surface area contributed by atoms with E-state index in [1.54, 1.807) is 25.3 Å². The molecule has 0 bridgehead atoms. The molecule has 0 amide bonds. The van der Waals surface area contributed by atoms with Gasteiger partial charge in [-0.1, -0.05) is 19.1 Å². The molecule has 0 aliphatic heterocycles. The quantitative estimate of drug-likeness (QED) is 0.906. The standard InChI is InChI=1S/C17H18N2O2/c1-3-17(19)13-4-6-14(7-5-13)21-16-9-12(11-18)8-15(10-16)20-2/h4-10,17H,3,19H2,1-2H3/t17-/m1/s1. The highest BCUT2D eigenvalue weighted by atomic mass is 16.5. The predicted molar refractivity (Wildman–Crippen MR) is 81.4 cm³/mol. The molecule has 4 heteroatoms. The third-order valence-corrected chi connectivity index (χ3v) is 3.23. The molecule has 2 N–H and O–H groups in total. The minimum Gasteiger partial charge on any atom is -0.497 e. The van der Waals surface area contributed by atoms with Crippen LogP contribution >= 0.6 is 0 Å². The number of nitrogens with zero attached hydrogens (tertiary/aromatic N) is 1. The average molecular weight is 282 g/mol. The summed E-state index contributed by atoms with van der Waals surface area (Å²) in [5.74, 6) is 1.85. The van der Waals surface area contributed by atoms with Gasteiger partial charge < -0.3 is 15.2 Å². The van der Waals surface area contributed by atoms with Gasteiger partial charge in [-0.15, -0.1) is 0 Å². The Hall–Kier alpha value is -2.51. The highest BCUT2D eigenvalue weighted by Gasteiger charge is 2.06. The normalized spacial score (nSPS) is 11.5. The molecular weight excluding hydrogens is 264 g/mol. The molecule has 0 saturated heterocycles. The monoisotopic (exact) mass is 282 g/mol. The maximum Gasteiger partial charge on any atom is 0.132 e. The van der Waals surface area contributed by atoms with E-state index in [9.17, 15) is 0 Å². The summed E-state index contributed by atoms with van der Waals surface area (Å²) < 4.78 is 10.9. The molecule has 2 aromatic rings. The van der Waals surface area contributed by atoms with Gasteiger partial charge in [0, 0.05) is 12.1 Å². The number of hydrogen-bond donors (Lipinski definition) is 1. The largest absolute Gasteiger partial charge is 0.497 e. The molecule has 21 heavy (non-hydrogen) atoms. The molecule has 0 radical (unpaired) electrons. The lowest BCUT2D eigenvalue weighted by atomic mass is 10.1. The van der Waals surface area contributed by atoms with Gasteiger partial charge in [-0.25, -0.2) is 0 Å². The van der Waals surface area contributed by atoms with E-state index in [0.29, 0.717) is 22.8 Å². The second-order valence-electron chi connectivity index (χ2n) is 4.69. The first-order chi connectivity index (χ1) is 10.2. The second kappa shape index (κ2) is 6.78. The lowest BCUT2D eigenvalue weighted by Gasteiger charge is -2.11. The number of hydrogen-bond acceptors (Lipinski definition) is 4. The van der Waals surface area contributed by atoms with E-state index in [-0.39, 0.29) is 6.04 Å². The summed E-state index contributed by atoms with van der Waals surface area (Å²) >= 11 is 0. The van der Waals surface area contributed by atoms with Crippen LogP contribution in [0.15, 0.2) is 42.5 Å². The van der Waals surface area contributed by atoms with E-state index in [4.69, 9.17) is 20.5 Å². The first-order valence-electron chi connectivity index (χ1n) is 6.79. The van der Waals surface area contributed by atoms with Crippen molar-refractivity contribution >= 4 is 0 Å². The van der Waals surface area contributed by atoms with E-state index in [1.807, 2.05) is 24.3 Å². The zero-order valence-electron chi connectivity index (χ0n) is 12.2. The molecule has 0 saturated carbocycles. The Morgan fingerprint density at radius 1 is 1.10 bits per heavy atom. The van der Waals surface area contributed by atoms with Crippen molar-refractivity contribution in [3.05, 3.63) is 53.6 Å². The summed E-state index contributed by atoms with van der Waals surface area (Å²) in [7, 11) is 1.56. The van der Waals surface area contributed by atoms with Crippen molar-refractivity contribution in [3.63, 3.8) is 0 Å². The topological polar surface area (TPSA) is 68.3 Å². The number of nitrogens with two attached hydrogens (primary N) is 1. The van der Waals surface area contributed by atoms with Gasteiger partial charge in [-0.3, -0.25) is 0 Å².